The summed E-state index contributed by atoms with van der Waals surface area (Å²) in [4.78, 5) is 0. The van der Waals surface area contributed by atoms with Crippen LogP contribution >= 0.6 is 11.6 Å². The molecular formula is C16H22ClF. The van der Waals surface area contributed by atoms with Crippen molar-refractivity contribution in [3.05, 3.63) is 35.1 Å². The van der Waals surface area contributed by atoms with Gasteiger partial charge in [-0.05, 0) is 67.7 Å². The van der Waals surface area contributed by atoms with Crippen molar-refractivity contribution in [1.82, 2.24) is 0 Å². The monoisotopic (exact) mass is 268 g/mol. The number of halogens is 2. The third kappa shape index (κ3) is 3.26. The summed E-state index contributed by atoms with van der Waals surface area (Å²) >= 11 is 6.45. The first-order valence-electron chi connectivity index (χ1n) is 6.99. The smallest absolute Gasteiger partial charge is 0.123 e. The van der Waals surface area contributed by atoms with Gasteiger partial charge in [0.25, 0.3) is 0 Å². The fraction of sp³-hybridized carbons (Fsp3) is 0.625. The highest BCUT2D eigenvalue weighted by molar-refractivity contribution is 6.20. The van der Waals surface area contributed by atoms with Gasteiger partial charge in [-0.15, -0.1) is 11.6 Å². The van der Waals surface area contributed by atoms with Gasteiger partial charge >= 0.3 is 0 Å². The van der Waals surface area contributed by atoms with E-state index < -0.39 is 0 Å². The predicted octanol–water partition coefficient (Wildman–Crippen LogP) is 5.11. The second-order valence-electron chi connectivity index (χ2n) is 5.64. The first-order chi connectivity index (χ1) is 8.60. The van der Waals surface area contributed by atoms with Crippen LogP contribution in [0.2, 0.25) is 0 Å². The number of aryl methyl sites for hydroxylation is 1. The summed E-state index contributed by atoms with van der Waals surface area (Å²) in [6.45, 7) is 4.31. The molecule has 100 valence electrons. The Hall–Kier alpha value is -0.560. The highest BCUT2D eigenvalue weighted by atomic mass is 35.5. The molecule has 0 radical (unpaired) electrons. The van der Waals surface area contributed by atoms with Crippen molar-refractivity contribution >= 4 is 11.6 Å². The average Bonchev–Trinajstić information content (AvgIpc) is 2.36. The Bertz CT molecular complexity index is 402. The molecule has 1 saturated carbocycles. The van der Waals surface area contributed by atoms with E-state index in [1.165, 1.54) is 30.9 Å². The second kappa shape index (κ2) is 6.06. The lowest BCUT2D eigenvalue weighted by atomic mass is 9.77. The predicted molar refractivity (Wildman–Crippen MR) is 75.6 cm³/mol. The second-order valence-corrected chi connectivity index (χ2v) is 6.20. The van der Waals surface area contributed by atoms with Crippen LogP contribution in [-0.4, -0.2) is 5.38 Å². The van der Waals surface area contributed by atoms with Gasteiger partial charge in [0.2, 0.25) is 0 Å². The van der Waals surface area contributed by atoms with E-state index in [0.29, 0.717) is 5.92 Å². The van der Waals surface area contributed by atoms with Gasteiger partial charge in [-0.2, -0.15) is 0 Å². The van der Waals surface area contributed by atoms with Crippen LogP contribution in [0.4, 0.5) is 4.39 Å². The maximum absolute atomic E-state index is 13.3. The van der Waals surface area contributed by atoms with Gasteiger partial charge in [-0.1, -0.05) is 19.4 Å². The van der Waals surface area contributed by atoms with Crippen molar-refractivity contribution in [2.45, 2.75) is 51.3 Å². The van der Waals surface area contributed by atoms with Gasteiger partial charge in [0.05, 0.1) is 0 Å². The molecule has 1 aliphatic carbocycles. The summed E-state index contributed by atoms with van der Waals surface area (Å²) in [6.07, 6.45) is 5.72. The third-order valence-corrected chi connectivity index (χ3v) is 4.94. The van der Waals surface area contributed by atoms with Crippen LogP contribution in [0.25, 0.3) is 0 Å². The minimum Gasteiger partial charge on any atom is -0.207 e. The number of hydrogen-bond acceptors (Lipinski definition) is 0. The number of hydrogen-bond donors (Lipinski definition) is 0. The molecule has 0 nitrogen and oxygen atoms in total. The molecule has 0 aromatic heterocycles. The lowest BCUT2D eigenvalue weighted by molar-refractivity contribution is 0.264. The summed E-state index contributed by atoms with van der Waals surface area (Å²) < 4.78 is 13.3. The van der Waals surface area contributed by atoms with Crippen molar-refractivity contribution < 1.29 is 4.39 Å². The van der Waals surface area contributed by atoms with E-state index in [2.05, 4.69) is 13.8 Å². The highest BCUT2D eigenvalue weighted by Crippen LogP contribution is 2.36. The topological polar surface area (TPSA) is 0 Å². The van der Waals surface area contributed by atoms with Gasteiger partial charge in [-0.3, -0.25) is 0 Å². The van der Waals surface area contributed by atoms with Gasteiger partial charge < -0.3 is 0 Å². The first-order valence-corrected chi connectivity index (χ1v) is 7.43. The van der Waals surface area contributed by atoms with Crippen LogP contribution in [0.5, 0.6) is 0 Å². The fourth-order valence-corrected chi connectivity index (χ4v) is 3.37. The molecule has 2 rings (SSSR count). The zero-order valence-corrected chi connectivity index (χ0v) is 12.0. The number of rotatable bonds is 3. The van der Waals surface area contributed by atoms with Crippen molar-refractivity contribution in [2.75, 3.05) is 0 Å². The Kier molecular flexibility index (Phi) is 4.66. The van der Waals surface area contributed by atoms with Crippen LogP contribution < -0.4 is 0 Å². The van der Waals surface area contributed by atoms with Crippen LogP contribution in [0, 0.1) is 24.6 Å². The molecule has 1 aromatic rings. The average molecular weight is 269 g/mol. The zero-order valence-electron chi connectivity index (χ0n) is 11.3. The van der Waals surface area contributed by atoms with E-state index in [-0.39, 0.29) is 11.2 Å². The molecule has 0 N–H and O–H groups in total. The molecule has 2 heteroatoms. The van der Waals surface area contributed by atoms with Crippen molar-refractivity contribution in [1.29, 1.82) is 0 Å². The van der Waals surface area contributed by atoms with Crippen LogP contribution in [-0.2, 0) is 6.42 Å². The Balaban J connectivity index is 2.09. The van der Waals surface area contributed by atoms with E-state index >= 15 is 0 Å². The number of benzene rings is 1. The summed E-state index contributed by atoms with van der Waals surface area (Å²) in [5, 5.41) is 0.260. The molecule has 1 aliphatic rings. The van der Waals surface area contributed by atoms with E-state index in [1.54, 1.807) is 6.07 Å². The molecule has 1 aromatic carbocycles. The summed E-state index contributed by atoms with van der Waals surface area (Å²) in [7, 11) is 0. The standard InChI is InChI=1S/C16H22ClF/c1-3-12-5-7-16(17)14(8-12)9-13-10-15(18)6-4-11(13)2/h4,6,10,12,14,16H,3,5,7-9H2,1-2H3. The largest absolute Gasteiger partial charge is 0.207 e. The van der Waals surface area contributed by atoms with Crippen molar-refractivity contribution in [3.8, 4) is 0 Å². The maximum Gasteiger partial charge on any atom is 0.123 e. The Labute approximate surface area is 115 Å². The lowest BCUT2D eigenvalue weighted by Crippen LogP contribution is -2.27. The number of alkyl halides is 1. The molecule has 18 heavy (non-hydrogen) atoms. The van der Waals surface area contributed by atoms with E-state index in [1.807, 2.05) is 6.07 Å². The minimum atomic E-state index is -0.135. The van der Waals surface area contributed by atoms with Crippen molar-refractivity contribution in [3.63, 3.8) is 0 Å². The molecule has 3 atom stereocenters. The van der Waals surface area contributed by atoms with Gasteiger partial charge in [0.1, 0.15) is 5.82 Å². The Morgan fingerprint density at radius 2 is 2.11 bits per heavy atom. The molecule has 3 unspecified atom stereocenters. The Morgan fingerprint density at radius 1 is 1.33 bits per heavy atom. The fourth-order valence-electron chi connectivity index (χ4n) is 3.05. The Morgan fingerprint density at radius 3 is 2.83 bits per heavy atom. The molecule has 0 heterocycles. The molecule has 0 spiro atoms. The molecule has 0 aliphatic heterocycles. The first kappa shape index (κ1) is 13.9. The normalized spacial score (nSPS) is 28.3. The molecule has 0 saturated heterocycles. The SMILES string of the molecule is CCC1CCC(Cl)C(Cc2cc(F)ccc2C)C1. The summed E-state index contributed by atoms with van der Waals surface area (Å²) in [6, 6.07) is 5.08. The highest BCUT2D eigenvalue weighted by Gasteiger charge is 2.28. The molecule has 0 bridgehead atoms. The summed E-state index contributed by atoms with van der Waals surface area (Å²) in [5.74, 6) is 1.18. The maximum atomic E-state index is 13.3. The molecule has 1 fully saturated rings. The van der Waals surface area contributed by atoms with Crippen molar-refractivity contribution in [2.24, 2.45) is 11.8 Å². The van der Waals surface area contributed by atoms with Gasteiger partial charge in [0.15, 0.2) is 0 Å². The van der Waals surface area contributed by atoms with Crippen LogP contribution in [0.3, 0.4) is 0 Å². The van der Waals surface area contributed by atoms with Crippen LogP contribution in [0.1, 0.15) is 43.7 Å². The van der Waals surface area contributed by atoms with E-state index in [0.717, 1.165) is 24.3 Å². The van der Waals surface area contributed by atoms with E-state index in [4.69, 9.17) is 11.6 Å². The van der Waals surface area contributed by atoms with Crippen LogP contribution in [0.15, 0.2) is 18.2 Å². The summed E-state index contributed by atoms with van der Waals surface area (Å²) in [5.41, 5.74) is 2.31. The molecule has 0 amide bonds. The lowest BCUT2D eigenvalue weighted by Gasteiger charge is -2.33. The zero-order chi connectivity index (χ0) is 13.1. The van der Waals surface area contributed by atoms with E-state index in [9.17, 15) is 4.39 Å². The van der Waals surface area contributed by atoms with Gasteiger partial charge in [-0.25, -0.2) is 4.39 Å². The third-order valence-electron chi connectivity index (χ3n) is 4.37. The molecular weight excluding hydrogens is 247 g/mol. The quantitative estimate of drug-likeness (QED) is 0.668. The minimum absolute atomic E-state index is 0.135. The van der Waals surface area contributed by atoms with Gasteiger partial charge in [0, 0.05) is 5.38 Å².